The molecule has 0 aliphatic carbocycles. The lowest BCUT2D eigenvalue weighted by Gasteiger charge is -2.18. The maximum atomic E-state index is 5.68. The number of nitrogens with two attached hydrogens (primary N) is 1. The van der Waals surface area contributed by atoms with Gasteiger partial charge in [0, 0.05) is 36.7 Å². The summed E-state index contributed by atoms with van der Waals surface area (Å²) in [5.41, 5.74) is 10.1. The SMILES string of the molecule is Nc1ccc(CNc2ccc(N3CC=CC3)cc2)cc1. The van der Waals surface area contributed by atoms with Gasteiger partial charge in [0.15, 0.2) is 0 Å². The van der Waals surface area contributed by atoms with Gasteiger partial charge in [-0.05, 0) is 42.0 Å². The third-order valence-corrected chi connectivity index (χ3v) is 3.53. The molecule has 2 aromatic carbocycles. The lowest BCUT2D eigenvalue weighted by atomic mass is 10.2. The van der Waals surface area contributed by atoms with Crippen molar-refractivity contribution in [2.75, 3.05) is 29.0 Å². The second-order valence-corrected chi connectivity index (χ2v) is 5.02. The number of hydrogen-bond donors (Lipinski definition) is 2. The predicted molar refractivity (Wildman–Crippen MR) is 86.0 cm³/mol. The van der Waals surface area contributed by atoms with Crippen LogP contribution in [0.3, 0.4) is 0 Å². The summed E-state index contributed by atoms with van der Waals surface area (Å²) in [5.74, 6) is 0. The molecule has 0 radical (unpaired) electrons. The Kier molecular flexibility index (Phi) is 3.59. The number of nitrogens with zero attached hydrogens (tertiary/aromatic N) is 1. The zero-order chi connectivity index (χ0) is 13.8. The summed E-state index contributed by atoms with van der Waals surface area (Å²) in [6, 6.07) is 16.5. The fraction of sp³-hybridized carbons (Fsp3) is 0.176. The molecule has 3 nitrogen and oxygen atoms in total. The van der Waals surface area contributed by atoms with Crippen LogP contribution in [-0.4, -0.2) is 13.1 Å². The Morgan fingerprint density at radius 3 is 2.20 bits per heavy atom. The second kappa shape index (κ2) is 5.70. The molecule has 0 bridgehead atoms. The smallest absolute Gasteiger partial charge is 0.0400 e. The summed E-state index contributed by atoms with van der Waals surface area (Å²) >= 11 is 0. The monoisotopic (exact) mass is 265 g/mol. The topological polar surface area (TPSA) is 41.3 Å². The first kappa shape index (κ1) is 12.6. The van der Waals surface area contributed by atoms with Crippen molar-refractivity contribution in [2.24, 2.45) is 0 Å². The molecule has 102 valence electrons. The van der Waals surface area contributed by atoms with Crippen LogP contribution in [0.4, 0.5) is 17.1 Å². The quantitative estimate of drug-likeness (QED) is 0.658. The van der Waals surface area contributed by atoms with Crippen molar-refractivity contribution >= 4 is 17.1 Å². The maximum absolute atomic E-state index is 5.68. The molecule has 20 heavy (non-hydrogen) atoms. The van der Waals surface area contributed by atoms with E-state index < -0.39 is 0 Å². The van der Waals surface area contributed by atoms with Gasteiger partial charge in [-0.25, -0.2) is 0 Å². The first-order valence-corrected chi connectivity index (χ1v) is 6.89. The van der Waals surface area contributed by atoms with E-state index in [0.29, 0.717) is 0 Å². The van der Waals surface area contributed by atoms with Crippen LogP contribution in [0.25, 0.3) is 0 Å². The van der Waals surface area contributed by atoms with Crippen LogP contribution in [0.1, 0.15) is 5.56 Å². The molecule has 0 amide bonds. The van der Waals surface area contributed by atoms with Gasteiger partial charge in [-0.3, -0.25) is 0 Å². The van der Waals surface area contributed by atoms with Crippen molar-refractivity contribution < 1.29 is 0 Å². The van der Waals surface area contributed by atoms with E-state index >= 15 is 0 Å². The highest BCUT2D eigenvalue weighted by molar-refractivity contribution is 5.56. The molecular formula is C17H19N3. The van der Waals surface area contributed by atoms with Crippen molar-refractivity contribution in [3.8, 4) is 0 Å². The summed E-state index contributed by atoms with van der Waals surface area (Å²) in [6.07, 6.45) is 4.40. The van der Waals surface area contributed by atoms with Gasteiger partial charge < -0.3 is 16.0 Å². The maximum Gasteiger partial charge on any atom is 0.0400 e. The third-order valence-electron chi connectivity index (χ3n) is 3.53. The van der Waals surface area contributed by atoms with Gasteiger partial charge in [-0.15, -0.1) is 0 Å². The van der Waals surface area contributed by atoms with E-state index in [1.807, 2.05) is 24.3 Å². The Morgan fingerprint density at radius 1 is 0.900 bits per heavy atom. The third kappa shape index (κ3) is 2.94. The van der Waals surface area contributed by atoms with Crippen LogP contribution in [0, 0.1) is 0 Å². The van der Waals surface area contributed by atoms with E-state index in [2.05, 4.69) is 46.6 Å². The van der Waals surface area contributed by atoms with Crippen LogP contribution in [0.5, 0.6) is 0 Å². The van der Waals surface area contributed by atoms with Crippen molar-refractivity contribution in [1.82, 2.24) is 0 Å². The highest BCUT2D eigenvalue weighted by atomic mass is 15.1. The minimum absolute atomic E-state index is 0.803. The first-order chi connectivity index (χ1) is 9.81. The van der Waals surface area contributed by atoms with Crippen LogP contribution < -0.4 is 16.0 Å². The largest absolute Gasteiger partial charge is 0.399 e. The van der Waals surface area contributed by atoms with Gasteiger partial charge >= 0.3 is 0 Å². The molecule has 1 heterocycles. The van der Waals surface area contributed by atoms with Gasteiger partial charge in [0.05, 0.1) is 0 Å². The van der Waals surface area contributed by atoms with Crippen molar-refractivity contribution in [3.63, 3.8) is 0 Å². The molecular weight excluding hydrogens is 246 g/mol. The Labute approximate surface area is 119 Å². The average Bonchev–Trinajstić information content (AvgIpc) is 3.01. The lowest BCUT2D eigenvalue weighted by Crippen LogP contribution is -2.18. The van der Waals surface area contributed by atoms with E-state index in [1.54, 1.807) is 0 Å². The van der Waals surface area contributed by atoms with Crippen LogP contribution >= 0.6 is 0 Å². The van der Waals surface area contributed by atoms with E-state index in [1.165, 1.54) is 11.3 Å². The Morgan fingerprint density at radius 2 is 1.55 bits per heavy atom. The summed E-state index contributed by atoms with van der Waals surface area (Å²) in [5, 5.41) is 3.42. The molecule has 0 saturated carbocycles. The molecule has 0 fully saturated rings. The number of rotatable bonds is 4. The lowest BCUT2D eigenvalue weighted by molar-refractivity contribution is 1.01. The van der Waals surface area contributed by atoms with Crippen LogP contribution in [0.2, 0.25) is 0 Å². The molecule has 1 aliphatic heterocycles. The minimum atomic E-state index is 0.803. The molecule has 0 spiro atoms. The Balaban J connectivity index is 1.59. The van der Waals surface area contributed by atoms with E-state index in [-0.39, 0.29) is 0 Å². The minimum Gasteiger partial charge on any atom is -0.399 e. The molecule has 3 rings (SSSR count). The Hall–Kier alpha value is -2.42. The number of nitrogen functional groups attached to an aromatic ring is 1. The summed E-state index contributed by atoms with van der Waals surface area (Å²) in [6.45, 7) is 2.83. The molecule has 0 unspecified atom stereocenters. The fourth-order valence-corrected chi connectivity index (χ4v) is 2.32. The zero-order valence-corrected chi connectivity index (χ0v) is 11.4. The fourth-order valence-electron chi connectivity index (χ4n) is 2.32. The summed E-state index contributed by atoms with van der Waals surface area (Å²) in [4.78, 5) is 2.34. The van der Waals surface area contributed by atoms with Gasteiger partial charge in [-0.2, -0.15) is 0 Å². The van der Waals surface area contributed by atoms with Crippen LogP contribution in [0.15, 0.2) is 60.7 Å². The average molecular weight is 265 g/mol. The molecule has 0 atom stereocenters. The van der Waals surface area contributed by atoms with Crippen molar-refractivity contribution in [2.45, 2.75) is 6.54 Å². The molecule has 3 heteroatoms. The Bertz CT molecular complexity index is 577. The van der Waals surface area contributed by atoms with Crippen LogP contribution in [-0.2, 0) is 6.54 Å². The molecule has 0 aromatic heterocycles. The van der Waals surface area contributed by atoms with E-state index in [9.17, 15) is 0 Å². The summed E-state index contributed by atoms with van der Waals surface area (Å²) < 4.78 is 0. The zero-order valence-electron chi connectivity index (χ0n) is 11.4. The highest BCUT2D eigenvalue weighted by Gasteiger charge is 2.06. The normalized spacial score (nSPS) is 13.7. The molecule has 3 N–H and O–H groups in total. The van der Waals surface area contributed by atoms with Gasteiger partial charge in [0.1, 0.15) is 0 Å². The van der Waals surface area contributed by atoms with E-state index in [4.69, 9.17) is 5.73 Å². The molecule has 0 saturated heterocycles. The highest BCUT2D eigenvalue weighted by Crippen LogP contribution is 2.20. The molecule has 2 aromatic rings. The first-order valence-electron chi connectivity index (χ1n) is 6.89. The second-order valence-electron chi connectivity index (χ2n) is 5.02. The van der Waals surface area contributed by atoms with E-state index in [0.717, 1.165) is 31.0 Å². The van der Waals surface area contributed by atoms with Crippen molar-refractivity contribution in [3.05, 3.63) is 66.2 Å². The number of hydrogen-bond acceptors (Lipinski definition) is 3. The van der Waals surface area contributed by atoms with Crippen molar-refractivity contribution in [1.29, 1.82) is 0 Å². The number of nitrogens with one attached hydrogen (secondary N) is 1. The van der Waals surface area contributed by atoms with Gasteiger partial charge in [-0.1, -0.05) is 24.3 Å². The number of benzene rings is 2. The van der Waals surface area contributed by atoms with Gasteiger partial charge in [0.2, 0.25) is 0 Å². The number of anilines is 3. The van der Waals surface area contributed by atoms with Gasteiger partial charge in [0.25, 0.3) is 0 Å². The molecule has 1 aliphatic rings. The standard InChI is InChI=1S/C17H19N3/c18-15-5-3-14(4-6-15)13-19-16-7-9-17(10-8-16)20-11-1-2-12-20/h1-10,19H,11-13,18H2. The summed E-state index contributed by atoms with van der Waals surface area (Å²) in [7, 11) is 0. The predicted octanol–water partition coefficient (Wildman–Crippen LogP) is 3.26.